The van der Waals surface area contributed by atoms with Gasteiger partial charge >= 0.3 is 0 Å². The van der Waals surface area contributed by atoms with Gasteiger partial charge in [0.05, 0.1) is 12.7 Å². The molecule has 104 valence electrons. The summed E-state index contributed by atoms with van der Waals surface area (Å²) >= 11 is 0. The molecule has 1 aliphatic carbocycles. The Morgan fingerprint density at radius 1 is 1.53 bits per heavy atom. The molecule has 0 heterocycles. The lowest BCUT2D eigenvalue weighted by atomic mass is 10.1. The monoisotopic (exact) mass is 264 g/mol. The highest BCUT2D eigenvalue weighted by Crippen LogP contribution is 2.29. The molecule has 0 atom stereocenters. The Kier molecular flexibility index (Phi) is 4.27. The van der Waals surface area contributed by atoms with Crippen molar-refractivity contribution in [3.63, 3.8) is 0 Å². The number of carbonyl (C=O) groups excluding carboxylic acids is 1. The number of hydrogen-bond donors (Lipinski definition) is 2. The largest absolute Gasteiger partial charge is 0.504 e. The van der Waals surface area contributed by atoms with Gasteiger partial charge in [0.25, 0.3) is 5.91 Å². The Hall–Kier alpha value is -1.75. The van der Waals surface area contributed by atoms with E-state index in [0.29, 0.717) is 18.3 Å². The van der Waals surface area contributed by atoms with Crippen LogP contribution in [-0.2, 0) is 0 Å². The Labute approximate surface area is 113 Å². The van der Waals surface area contributed by atoms with Crippen LogP contribution in [0.1, 0.15) is 23.2 Å². The zero-order valence-electron chi connectivity index (χ0n) is 11.3. The van der Waals surface area contributed by atoms with Crippen LogP contribution < -0.4 is 10.1 Å². The summed E-state index contributed by atoms with van der Waals surface area (Å²) in [5.41, 5.74) is 0.244. The molecular formula is C14H20N2O3. The number of aromatic hydroxyl groups is 1. The summed E-state index contributed by atoms with van der Waals surface area (Å²) in [5.74, 6) is -0.0820. The van der Waals surface area contributed by atoms with Gasteiger partial charge in [-0.25, -0.2) is 0 Å². The maximum atomic E-state index is 12.0. The second-order valence-corrected chi connectivity index (χ2v) is 4.82. The topological polar surface area (TPSA) is 61.8 Å². The molecule has 1 aromatic rings. The first-order chi connectivity index (χ1) is 9.13. The lowest BCUT2D eigenvalue weighted by Gasteiger charge is -2.16. The van der Waals surface area contributed by atoms with Crippen LogP contribution in [0.15, 0.2) is 18.2 Å². The minimum Gasteiger partial charge on any atom is -0.504 e. The molecule has 0 unspecified atom stereocenters. The van der Waals surface area contributed by atoms with Gasteiger partial charge in [-0.15, -0.1) is 0 Å². The fraction of sp³-hybridized carbons (Fsp3) is 0.500. The van der Waals surface area contributed by atoms with E-state index < -0.39 is 0 Å². The van der Waals surface area contributed by atoms with Crippen LogP contribution >= 0.6 is 0 Å². The van der Waals surface area contributed by atoms with Crippen LogP contribution in [0.25, 0.3) is 0 Å². The first-order valence-corrected chi connectivity index (χ1v) is 6.48. The number of phenolic OH excluding ortho intramolecular Hbond substituents is 1. The molecule has 1 aliphatic rings. The van der Waals surface area contributed by atoms with E-state index in [0.717, 1.165) is 6.54 Å². The van der Waals surface area contributed by atoms with Crippen LogP contribution in [0, 0.1) is 0 Å². The van der Waals surface area contributed by atoms with E-state index in [9.17, 15) is 9.90 Å². The zero-order chi connectivity index (χ0) is 13.8. The van der Waals surface area contributed by atoms with Gasteiger partial charge in [-0.1, -0.05) is 6.07 Å². The normalized spacial score (nSPS) is 14.5. The number of methoxy groups -OCH3 is 1. The van der Waals surface area contributed by atoms with Crippen LogP contribution in [0.4, 0.5) is 0 Å². The van der Waals surface area contributed by atoms with Crippen molar-refractivity contribution in [3.8, 4) is 11.5 Å². The van der Waals surface area contributed by atoms with Gasteiger partial charge < -0.3 is 20.1 Å². The fourth-order valence-electron chi connectivity index (χ4n) is 2.01. The Balaban J connectivity index is 1.88. The average Bonchev–Trinajstić information content (AvgIpc) is 3.23. The third-order valence-electron chi connectivity index (χ3n) is 3.38. The van der Waals surface area contributed by atoms with E-state index in [2.05, 4.69) is 17.3 Å². The highest BCUT2D eigenvalue weighted by Gasteiger charge is 2.25. The maximum absolute atomic E-state index is 12.0. The highest BCUT2D eigenvalue weighted by atomic mass is 16.5. The molecule has 0 spiro atoms. The number of carbonyl (C=O) groups is 1. The fourth-order valence-corrected chi connectivity index (χ4v) is 2.01. The Morgan fingerprint density at radius 2 is 2.26 bits per heavy atom. The van der Waals surface area contributed by atoms with Gasteiger partial charge in [-0.3, -0.25) is 4.79 Å². The van der Waals surface area contributed by atoms with Gasteiger partial charge in [-0.2, -0.15) is 0 Å². The minimum absolute atomic E-state index is 0.113. The number of nitrogens with zero attached hydrogens (tertiary/aromatic N) is 1. The molecule has 0 aliphatic heterocycles. The molecule has 5 heteroatoms. The maximum Gasteiger partial charge on any atom is 0.255 e. The second-order valence-electron chi connectivity index (χ2n) is 4.82. The van der Waals surface area contributed by atoms with E-state index in [1.165, 1.54) is 20.0 Å². The number of para-hydroxylation sites is 1. The minimum atomic E-state index is -0.277. The van der Waals surface area contributed by atoms with Gasteiger partial charge in [0.2, 0.25) is 0 Å². The Bertz CT molecular complexity index is 458. The summed E-state index contributed by atoms with van der Waals surface area (Å²) in [4.78, 5) is 14.2. The van der Waals surface area contributed by atoms with Crippen molar-refractivity contribution in [1.82, 2.24) is 10.2 Å². The SMILES string of the molecule is COc1cccc(C(=O)NCCN(C)C2CC2)c1O. The summed E-state index contributed by atoms with van der Waals surface area (Å²) in [6, 6.07) is 5.57. The molecule has 0 saturated heterocycles. The van der Waals surface area contributed by atoms with Crippen LogP contribution in [0.2, 0.25) is 0 Å². The number of rotatable bonds is 6. The zero-order valence-corrected chi connectivity index (χ0v) is 11.3. The first-order valence-electron chi connectivity index (χ1n) is 6.48. The molecular weight excluding hydrogens is 244 g/mol. The lowest BCUT2D eigenvalue weighted by Crippen LogP contribution is -2.34. The average molecular weight is 264 g/mol. The van der Waals surface area contributed by atoms with Gasteiger partial charge in [-0.05, 0) is 32.0 Å². The van der Waals surface area contributed by atoms with Crippen molar-refractivity contribution >= 4 is 5.91 Å². The third-order valence-corrected chi connectivity index (χ3v) is 3.38. The smallest absolute Gasteiger partial charge is 0.255 e. The quantitative estimate of drug-likeness (QED) is 0.811. The van der Waals surface area contributed by atoms with E-state index in [1.807, 2.05) is 0 Å². The van der Waals surface area contributed by atoms with Gasteiger partial charge in [0, 0.05) is 19.1 Å². The van der Waals surface area contributed by atoms with Crippen molar-refractivity contribution < 1.29 is 14.6 Å². The summed E-state index contributed by atoms with van der Waals surface area (Å²) < 4.78 is 4.98. The standard InChI is InChI=1S/C14H20N2O3/c1-16(10-6-7-10)9-8-15-14(18)11-4-3-5-12(19-2)13(11)17/h3-5,10,17H,6-9H2,1-2H3,(H,15,18). The predicted molar refractivity (Wildman–Crippen MR) is 72.6 cm³/mol. The molecule has 19 heavy (non-hydrogen) atoms. The number of amides is 1. The van der Waals surface area contributed by atoms with Crippen LogP contribution in [0.5, 0.6) is 11.5 Å². The molecule has 0 aromatic heterocycles. The van der Waals surface area contributed by atoms with Crippen molar-refractivity contribution in [2.45, 2.75) is 18.9 Å². The first kappa shape index (κ1) is 13.7. The lowest BCUT2D eigenvalue weighted by molar-refractivity contribution is 0.0946. The molecule has 0 bridgehead atoms. The number of likely N-dealkylation sites (N-methyl/N-ethyl adjacent to an activating group) is 1. The Morgan fingerprint density at radius 3 is 2.89 bits per heavy atom. The second kappa shape index (κ2) is 5.93. The van der Waals surface area contributed by atoms with Gasteiger partial charge in [0.15, 0.2) is 11.5 Å². The summed E-state index contributed by atoms with van der Waals surface area (Å²) in [6.07, 6.45) is 2.50. The van der Waals surface area contributed by atoms with E-state index in [4.69, 9.17) is 4.74 Å². The summed E-state index contributed by atoms with van der Waals surface area (Å²) in [7, 11) is 3.52. The number of hydrogen-bond acceptors (Lipinski definition) is 4. The van der Waals surface area contributed by atoms with E-state index in [1.54, 1.807) is 18.2 Å². The molecule has 5 nitrogen and oxygen atoms in total. The third kappa shape index (κ3) is 3.38. The van der Waals surface area contributed by atoms with E-state index >= 15 is 0 Å². The van der Waals surface area contributed by atoms with Crippen molar-refractivity contribution in [3.05, 3.63) is 23.8 Å². The van der Waals surface area contributed by atoms with Crippen LogP contribution in [0.3, 0.4) is 0 Å². The van der Waals surface area contributed by atoms with E-state index in [-0.39, 0.29) is 17.2 Å². The molecule has 1 saturated carbocycles. The summed E-state index contributed by atoms with van der Waals surface area (Å²) in [5, 5.41) is 12.7. The number of phenols is 1. The number of benzene rings is 1. The molecule has 1 amide bonds. The highest BCUT2D eigenvalue weighted by molar-refractivity contribution is 5.97. The van der Waals surface area contributed by atoms with Crippen LogP contribution in [-0.4, -0.2) is 49.2 Å². The van der Waals surface area contributed by atoms with Crippen molar-refractivity contribution in [2.75, 3.05) is 27.2 Å². The van der Waals surface area contributed by atoms with Crippen molar-refractivity contribution in [1.29, 1.82) is 0 Å². The molecule has 1 aromatic carbocycles. The predicted octanol–water partition coefficient (Wildman–Crippen LogP) is 1.22. The molecule has 2 rings (SSSR count). The van der Waals surface area contributed by atoms with Gasteiger partial charge in [0.1, 0.15) is 0 Å². The van der Waals surface area contributed by atoms with Crippen molar-refractivity contribution in [2.24, 2.45) is 0 Å². The molecule has 1 fully saturated rings. The molecule has 2 N–H and O–H groups in total. The molecule has 0 radical (unpaired) electrons. The summed E-state index contributed by atoms with van der Waals surface area (Å²) in [6.45, 7) is 1.39. The number of ether oxygens (including phenoxy) is 1. The number of nitrogens with one attached hydrogen (secondary N) is 1.